The Morgan fingerprint density at radius 1 is 1.11 bits per heavy atom. The summed E-state index contributed by atoms with van der Waals surface area (Å²) in [6.45, 7) is 5.43. The molecular weight excluding hydrogens is 352 g/mol. The van der Waals surface area contributed by atoms with Crippen LogP contribution in [0.3, 0.4) is 0 Å². The predicted octanol–water partition coefficient (Wildman–Crippen LogP) is 2.03. The molecule has 0 unspecified atom stereocenters. The fraction of sp³-hybridized carbons (Fsp3) is 0.500. The van der Waals surface area contributed by atoms with Crippen molar-refractivity contribution in [3.05, 3.63) is 24.1 Å². The van der Waals surface area contributed by atoms with Crippen LogP contribution in [0.15, 0.2) is 22.6 Å². The lowest BCUT2D eigenvalue weighted by molar-refractivity contribution is 0.0756. The van der Waals surface area contributed by atoms with Gasteiger partial charge < -0.3 is 23.5 Å². The Morgan fingerprint density at radius 3 is 2.52 bits per heavy atom. The van der Waals surface area contributed by atoms with Crippen molar-refractivity contribution in [3.8, 4) is 23.0 Å². The van der Waals surface area contributed by atoms with Gasteiger partial charge in [-0.2, -0.15) is 0 Å². The number of rotatable bonds is 6. The molecule has 1 aromatic heterocycles. The second-order valence-corrected chi connectivity index (χ2v) is 6.03. The summed E-state index contributed by atoms with van der Waals surface area (Å²) in [7, 11) is 3.17. The van der Waals surface area contributed by atoms with Gasteiger partial charge in [0.1, 0.15) is 0 Å². The molecule has 2 aromatic rings. The molecule has 1 aliphatic rings. The van der Waals surface area contributed by atoms with Crippen molar-refractivity contribution in [2.24, 2.45) is 0 Å². The standard InChI is InChI=1S/C18H24N4O5/c1-4-26-18(23)22-9-7-21(8-10-22)12-16-19-20-17(27-16)13-5-6-14(24-2)15(11-13)25-3/h5-6,11H,4,7-10,12H2,1-3H3. The SMILES string of the molecule is CCOC(=O)N1CCN(Cc2nnc(-c3ccc(OC)c(OC)c3)o2)CC1. The third-order valence-corrected chi connectivity index (χ3v) is 4.35. The van der Waals surface area contributed by atoms with E-state index in [1.165, 1.54) is 0 Å². The van der Waals surface area contributed by atoms with Crippen LogP contribution in [0.4, 0.5) is 4.79 Å². The normalized spacial score (nSPS) is 14.9. The Bertz CT molecular complexity index is 771. The molecule has 1 fully saturated rings. The van der Waals surface area contributed by atoms with Gasteiger partial charge in [0.15, 0.2) is 11.5 Å². The van der Waals surface area contributed by atoms with Crippen molar-refractivity contribution in [2.75, 3.05) is 47.0 Å². The van der Waals surface area contributed by atoms with Crippen LogP contribution < -0.4 is 9.47 Å². The van der Waals surface area contributed by atoms with E-state index in [0.29, 0.717) is 49.5 Å². The molecule has 0 atom stereocenters. The summed E-state index contributed by atoms with van der Waals surface area (Å²) in [5.74, 6) is 2.20. The third kappa shape index (κ3) is 4.48. The zero-order valence-corrected chi connectivity index (χ0v) is 15.8. The van der Waals surface area contributed by atoms with Gasteiger partial charge in [0, 0.05) is 31.7 Å². The second-order valence-electron chi connectivity index (χ2n) is 6.03. The molecule has 27 heavy (non-hydrogen) atoms. The number of carbonyl (C=O) groups is 1. The molecule has 0 bridgehead atoms. The van der Waals surface area contributed by atoms with Crippen LogP contribution in [0.25, 0.3) is 11.5 Å². The van der Waals surface area contributed by atoms with E-state index >= 15 is 0 Å². The highest BCUT2D eigenvalue weighted by Crippen LogP contribution is 2.31. The smallest absolute Gasteiger partial charge is 0.409 e. The predicted molar refractivity (Wildman–Crippen MR) is 96.7 cm³/mol. The van der Waals surface area contributed by atoms with Gasteiger partial charge in [0.2, 0.25) is 11.8 Å². The van der Waals surface area contributed by atoms with Crippen molar-refractivity contribution in [3.63, 3.8) is 0 Å². The van der Waals surface area contributed by atoms with E-state index in [4.69, 9.17) is 18.6 Å². The quantitative estimate of drug-likeness (QED) is 0.756. The summed E-state index contributed by atoms with van der Waals surface area (Å²) in [6.07, 6.45) is -0.259. The monoisotopic (exact) mass is 376 g/mol. The number of ether oxygens (including phenoxy) is 3. The maximum Gasteiger partial charge on any atom is 0.409 e. The van der Waals surface area contributed by atoms with Crippen molar-refractivity contribution in [1.82, 2.24) is 20.0 Å². The summed E-state index contributed by atoms with van der Waals surface area (Å²) < 4.78 is 21.4. The third-order valence-electron chi connectivity index (χ3n) is 4.35. The molecule has 9 heteroatoms. The molecule has 1 saturated heterocycles. The molecule has 146 valence electrons. The molecular formula is C18H24N4O5. The van der Waals surface area contributed by atoms with Crippen LogP contribution in [0, 0.1) is 0 Å². The lowest BCUT2D eigenvalue weighted by atomic mass is 10.2. The number of piperazine rings is 1. The molecule has 9 nitrogen and oxygen atoms in total. The molecule has 1 amide bonds. The molecule has 0 aliphatic carbocycles. The maximum absolute atomic E-state index is 11.7. The van der Waals surface area contributed by atoms with Gasteiger partial charge in [-0.05, 0) is 25.1 Å². The largest absolute Gasteiger partial charge is 0.493 e. The Hall–Kier alpha value is -2.81. The Labute approximate surface area is 157 Å². The van der Waals surface area contributed by atoms with Gasteiger partial charge >= 0.3 is 6.09 Å². The summed E-state index contributed by atoms with van der Waals surface area (Å²) in [5, 5.41) is 8.26. The summed E-state index contributed by atoms with van der Waals surface area (Å²) >= 11 is 0. The maximum atomic E-state index is 11.7. The first-order chi connectivity index (χ1) is 13.1. The van der Waals surface area contributed by atoms with Crippen LogP contribution in [-0.4, -0.2) is 73.1 Å². The fourth-order valence-corrected chi connectivity index (χ4v) is 2.90. The Balaban J connectivity index is 1.60. The van der Waals surface area contributed by atoms with E-state index in [0.717, 1.165) is 18.7 Å². The minimum Gasteiger partial charge on any atom is -0.493 e. The number of aromatic nitrogens is 2. The second kappa shape index (κ2) is 8.72. The van der Waals surface area contributed by atoms with Crippen molar-refractivity contribution in [2.45, 2.75) is 13.5 Å². The average Bonchev–Trinajstić information content (AvgIpc) is 3.16. The van der Waals surface area contributed by atoms with Crippen molar-refractivity contribution in [1.29, 1.82) is 0 Å². The zero-order valence-electron chi connectivity index (χ0n) is 15.8. The highest BCUT2D eigenvalue weighted by atomic mass is 16.6. The van der Waals surface area contributed by atoms with E-state index in [1.54, 1.807) is 38.2 Å². The van der Waals surface area contributed by atoms with Gasteiger partial charge in [-0.25, -0.2) is 4.79 Å². The fourth-order valence-electron chi connectivity index (χ4n) is 2.90. The molecule has 2 heterocycles. The van der Waals surface area contributed by atoms with Gasteiger partial charge in [-0.1, -0.05) is 0 Å². The minimum atomic E-state index is -0.259. The number of methoxy groups -OCH3 is 2. The van der Waals surface area contributed by atoms with E-state index < -0.39 is 0 Å². The number of amides is 1. The van der Waals surface area contributed by atoms with Gasteiger partial charge in [-0.3, -0.25) is 4.90 Å². The van der Waals surface area contributed by atoms with Crippen LogP contribution in [0.2, 0.25) is 0 Å². The molecule has 0 spiro atoms. The molecule has 1 aliphatic heterocycles. The number of hydrogen-bond acceptors (Lipinski definition) is 8. The van der Waals surface area contributed by atoms with E-state index in [1.807, 2.05) is 6.07 Å². The van der Waals surface area contributed by atoms with E-state index in [9.17, 15) is 4.79 Å². The highest BCUT2D eigenvalue weighted by molar-refractivity contribution is 5.67. The first kappa shape index (κ1) is 19.0. The van der Waals surface area contributed by atoms with Crippen LogP contribution >= 0.6 is 0 Å². The zero-order chi connectivity index (χ0) is 19.2. The van der Waals surface area contributed by atoms with Crippen LogP contribution in [-0.2, 0) is 11.3 Å². The first-order valence-electron chi connectivity index (χ1n) is 8.83. The molecule has 3 rings (SSSR count). The topological polar surface area (TPSA) is 90.2 Å². The molecule has 0 radical (unpaired) electrons. The van der Waals surface area contributed by atoms with Crippen LogP contribution in [0.5, 0.6) is 11.5 Å². The molecule has 1 aromatic carbocycles. The molecule has 0 saturated carbocycles. The van der Waals surface area contributed by atoms with E-state index in [2.05, 4.69) is 15.1 Å². The first-order valence-corrected chi connectivity index (χ1v) is 8.83. The van der Waals surface area contributed by atoms with Crippen LogP contribution in [0.1, 0.15) is 12.8 Å². The number of carbonyl (C=O) groups excluding carboxylic acids is 1. The van der Waals surface area contributed by atoms with Gasteiger partial charge in [0.25, 0.3) is 0 Å². The van der Waals surface area contributed by atoms with Crippen molar-refractivity contribution < 1.29 is 23.4 Å². The summed E-state index contributed by atoms with van der Waals surface area (Å²) in [4.78, 5) is 15.6. The van der Waals surface area contributed by atoms with E-state index in [-0.39, 0.29) is 6.09 Å². The lowest BCUT2D eigenvalue weighted by Crippen LogP contribution is -2.48. The minimum absolute atomic E-state index is 0.259. The van der Waals surface area contributed by atoms with Crippen molar-refractivity contribution >= 4 is 6.09 Å². The Morgan fingerprint density at radius 2 is 1.85 bits per heavy atom. The number of hydrogen-bond donors (Lipinski definition) is 0. The van der Waals surface area contributed by atoms with Gasteiger partial charge in [0.05, 0.1) is 27.4 Å². The number of nitrogens with zero attached hydrogens (tertiary/aromatic N) is 4. The molecule has 0 N–H and O–H groups in total. The average molecular weight is 376 g/mol. The van der Waals surface area contributed by atoms with Gasteiger partial charge in [-0.15, -0.1) is 10.2 Å². The summed E-state index contributed by atoms with van der Waals surface area (Å²) in [6, 6.07) is 5.44. The highest BCUT2D eigenvalue weighted by Gasteiger charge is 2.23. The Kier molecular flexibility index (Phi) is 6.12. The lowest BCUT2D eigenvalue weighted by Gasteiger charge is -2.33. The number of benzene rings is 1. The summed E-state index contributed by atoms with van der Waals surface area (Å²) in [5.41, 5.74) is 0.763.